The smallest absolute Gasteiger partial charge is 0.268 e. The predicted molar refractivity (Wildman–Crippen MR) is 394 cm³/mol. The molecule has 0 saturated heterocycles. The summed E-state index contributed by atoms with van der Waals surface area (Å²) in [4.78, 5) is 25.7. The molecular formula is C81H155N2O6P. The van der Waals surface area contributed by atoms with Crippen molar-refractivity contribution >= 4 is 13.7 Å². The molecular weight excluding hydrogens is 1130 g/mol. The molecule has 0 rings (SSSR count). The molecule has 0 saturated carbocycles. The van der Waals surface area contributed by atoms with E-state index in [0.717, 1.165) is 51.4 Å². The number of carbonyl (C=O) groups excluding carboxylic acids is 1. The van der Waals surface area contributed by atoms with Crippen LogP contribution >= 0.6 is 7.82 Å². The van der Waals surface area contributed by atoms with Crippen LogP contribution in [-0.2, 0) is 18.4 Å². The molecule has 3 unspecified atom stereocenters. The molecule has 1 amide bonds. The monoisotopic (exact) mass is 1280 g/mol. The van der Waals surface area contributed by atoms with Gasteiger partial charge in [0.1, 0.15) is 13.2 Å². The van der Waals surface area contributed by atoms with Gasteiger partial charge >= 0.3 is 0 Å². The Morgan fingerprint density at radius 1 is 0.389 bits per heavy atom. The van der Waals surface area contributed by atoms with E-state index in [1.54, 1.807) is 6.08 Å². The van der Waals surface area contributed by atoms with Gasteiger partial charge in [-0.2, -0.15) is 0 Å². The maximum Gasteiger partial charge on any atom is 0.268 e. The lowest BCUT2D eigenvalue weighted by Crippen LogP contribution is -2.45. The average Bonchev–Trinajstić information content (AvgIpc) is 3.09. The van der Waals surface area contributed by atoms with Crippen molar-refractivity contribution in [3.05, 3.63) is 60.8 Å². The van der Waals surface area contributed by atoms with Crippen LogP contribution < -0.4 is 10.2 Å². The first kappa shape index (κ1) is 88.2. The zero-order valence-corrected chi connectivity index (χ0v) is 61.8. The molecule has 0 radical (unpaired) electrons. The van der Waals surface area contributed by atoms with Gasteiger partial charge in [-0.1, -0.05) is 376 Å². The van der Waals surface area contributed by atoms with Gasteiger partial charge in [-0.15, -0.1) is 0 Å². The molecule has 0 aromatic rings. The van der Waals surface area contributed by atoms with Crippen molar-refractivity contribution in [2.75, 3.05) is 40.9 Å². The van der Waals surface area contributed by atoms with Gasteiger partial charge < -0.3 is 28.8 Å². The molecule has 90 heavy (non-hydrogen) atoms. The van der Waals surface area contributed by atoms with Crippen LogP contribution in [0.5, 0.6) is 0 Å². The zero-order chi connectivity index (χ0) is 65.5. The first-order valence-corrected chi connectivity index (χ1v) is 41.1. The summed E-state index contributed by atoms with van der Waals surface area (Å²) in [6.45, 7) is 4.66. The lowest BCUT2D eigenvalue weighted by atomic mass is 10.0. The molecule has 8 nitrogen and oxygen atoms in total. The van der Waals surface area contributed by atoms with E-state index in [0.29, 0.717) is 17.4 Å². The van der Waals surface area contributed by atoms with Crippen LogP contribution in [0.2, 0.25) is 0 Å². The first-order valence-electron chi connectivity index (χ1n) is 39.7. The van der Waals surface area contributed by atoms with Gasteiger partial charge in [0.2, 0.25) is 5.91 Å². The zero-order valence-electron chi connectivity index (χ0n) is 60.9. The number of quaternary nitrogens is 1. The minimum Gasteiger partial charge on any atom is -0.756 e. The number of amides is 1. The average molecular weight is 1280 g/mol. The van der Waals surface area contributed by atoms with E-state index in [9.17, 15) is 19.4 Å². The fourth-order valence-electron chi connectivity index (χ4n) is 12.0. The van der Waals surface area contributed by atoms with Crippen LogP contribution in [0, 0.1) is 0 Å². The fraction of sp³-hybridized carbons (Fsp3) is 0.864. The van der Waals surface area contributed by atoms with E-state index in [-0.39, 0.29) is 12.5 Å². The highest BCUT2D eigenvalue weighted by atomic mass is 31.2. The SMILES string of the molecule is CCCCCCC/C=C\C/C=C\CCCCCCCCCCCCCCCCCCCCCCCCCCCCCCCC(=O)NC(COP(=O)([O-])OCC[N+](C)(C)C)C(O)/C=C/CC/C=C/CC/C=C/CCCCCCCCCCCCCCCCCCC. The quantitative estimate of drug-likeness (QED) is 0.0272. The number of allylic oxidation sites excluding steroid dienone is 9. The number of hydrogen-bond donors (Lipinski definition) is 2. The lowest BCUT2D eigenvalue weighted by molar-refractivity contribution is -0.870. The number of nitrogens with one attached hydrogen (secondary N) is 1. The molecule has 3 atom stereocenters. The Morgan fingerprint density at radius 2 is 0.656 bits per heavy atom. The van der Waals surface area contributed by atoms with Gasteiger partial charge in [-0.05, 0) is 77.0 Å². The number of hydrogen-bond acceptors (Lipinski definition) is 6. The molecule has 0 fully saturated rings. The number of aliphatic hydroxyl groups excluding tert-OH is 1. The van der Waals surface area contributed by atoms with Crippen LogP contribution in [0.4, 0.5) is 0 Å². The Bertz CT molecular complexity index is 1650. The van der Waals surface area contributed by atoms with Crippen molar-refractivity contribution in [1.29, 1.82) is 0 Å². The minimum absolute atomic E-state index is 0.00810. The van der Waals surface area contributed by atoms with Crippen molar-refractivity contribution in [2.45, 2.75) is 411 Å². The summed E-state index contributed by atoms with van der Waals surface area (Å²) in [7, 11) is 1.25. The van der Waals surface area contributed by atoms with E-state index >= 15 is 0 Å². The molecule has 0 bridgehead atoms. The standard InChI is InChI=1S/C81H155N2O6P/c1-6-8-10-12-14-16-18-20-22-24-26-28-30-32-34-35-36-37-38-39-40-41-42-43-44-45-46-47-49-51-53-55-57-59-61-63-65-67-69-71-73-75-81(85)82-79(78-89-90(86,87)88-77-76-83(3,4)5)80(84)74-72-70-68-66-64-62-60-58-56-54-52-50-48-33-31-29-27-25-23-21-19-17-15-13-11-9-7-2/h18,20,24,26,56,58,64,66,72,74,79-80,84H,6-17,19,21-23,25,27-55,57,59-63,65,67-71,73,75-78H2,1-5H3,(H-,82,85,86,87)/b20-18-,26-24-,58-56+,66-64+,74-72+. The van der Waals surface area contributed by atoms with E-state index < -0.39 is 26.6 Å². The fourth-order valence-corrected chi connectivity index (χ4v) is 12.8. The summed E-state index contributed by atoms with van der Waals surface area (Å²) in [6, 6.07) is -0.912. The molecule has 530 valence electrons. The van der Waals surface area contributed by atoms with Crippen molar-refractivity contribution in [2.24, 2.45) is 0 Å². The molecule has 0 aromatic carbocycles. The normalized spacial score (nSPS) is 13.8. The highest BCUT2D eigenvalue weighted by molar-refractivity contribution is 7.45. The van der Waals surface area contributed by atoms with Crippen LogP contribution in [0.1, 0.15) is 399 Å². The number of likely N-dealkylation sites (N-methyl/N-ethyl adjacent to an activating group) is 1. The highest BCUT2D eigenvalue weighted by Gasteiger charge is 2.23. The van der Waals surface area contributed by atoms with Crippen LogP contribution in [0.25, 0.3) is 0 Å². The molecule has 0 aromatic heterocycles. The molecule has 0 aliphatic carbocycles. The third-order valence-corrected chi connectivity index (χ3v) is 19.1. The second-order valence-electron chi connectivity index (χ2n) is 28.4. The number of phosphoric acid groups is 1. The summed E-state index contributed by atoms with van der Waals surface area (Å²) < 4.78 is 23.5. The summed E-state index contributed by atoms with van der Waals surface area (Å²) >= 11 is 0. The highest BCUT2D eigenvalue weighted by Crippen LogP contribution is 2.38. The summed E-state index contributed by atoms with van der Waals surface area (Å²) in [5, 5.41) is 14.0. The number of carbonyl (C=O) groups is 1. The van der Waals surface area contributed by atoms with E-state index in [1.165, 1.54) is 327 Å². The van der Waals surface area contributed by atoms with E-state index in [2.05, 4.69) is 67.8 Å². The number of aliphatic hydroxyl groups is 1. The third kappa shape index (κ3) is 73.6. The maximum absolute atomic E-state index is 13.1. The first-order chi connectivity index (χ1) is 44.0. The maximum atomic E-state index is 13.1. The van der Waals surface area contributed by atoms with Crippen molar-refractivity contribution in [1.82, 2.24) is 5.32 Å². The largest absolute Gasteiger partial charge is 0.756 e. The van der Waals surface area contributed by atoms with Crippen molar-refractivity contribution < 1.29 is 32.9 Å². The van der Waals surface area contributed by atoms with Gasteiger partial charge in [-0.3, -0.25) is 9.36 Å². The van der Waals surface area contributed by atoms with Crippen LogP contribution in [0.15, 0.2) is 60.8 Å². The lowest BCUT2D eigenvalue weighted by Gasteiger charge is -2.29. The third-order valence-electron chi connectivity index (χ3n) is 18.2. The Hall–Kier alpha value is -1.80. The Kier molecular flexibility index (Phi) is 70.1. The predicted octanol–water partition coefficient (Wildman–Crippen LogP) is 25.3. The molecule has 0 aliphatic heterocycles. The van der Waals surface area contributed by atoms with Gasteiger partial charge in [0.15, 0.2) is 0 Å². The van der Waals surface area contributed by atoms with E-state index in [1.807, 2.05) is 27.2 Å². The van der Waals surface area contributed by atoms with Gasteiger partial charge in [-0.25, -0.2) is 0 Å². The molecule has 0 aliphatic rings. The summed E-state index contributed by atoms with van der Waals surface area (Å²) in [5.41, 5.74) is 0. The van der Waals surface area contributed by atoms with Crippen LogP contribution in [-0.4, -0.2) is 68.5 Å². The second kappa shape index (κ2) is 71.5. The Morgan fingerprint density at radius 3 is 0.967 bits per heavy atom. The number of rotatable bonds is 74. The van der Waals surface area contributed by atoms with Crippen molar-refractivity contribution in [3.8, 4) is 0 Å². The Balaban J connectivity index is 3.96. The van der Waals surface area contributed by atoms with Crippen molar-refractivity contribution in [3.63, 3.8) is 0 Å². The Labute approximate surface area is 562 Å². The second-order valence-corrected chi connectivity index (χ2v) is 29.8. The minimum atomic E-state index is -4.62. The molecule has 0 spiro atoms. The number of nitrogens with zero attached hydrogens (tertiary/aromatic N) is 1. The summed E-state index contributed by atoms with van der Waals surface area (Å²) in [6.07, 6.45) is 99.7. The van der Waals surface area contributed by atoms with Gasteiger partial charge in [0.05, 0.1) is 39.9 Å². The summed E-state index contributed by atoms with van der Waals surface area (Å²) in [5.74, 6) is -0.204. The number of phosphoric ester groups is 1. The number of unbranched alkanes of at least 4 members (excludes halogenated alkanes) is 53. The van der Waals surface area contributed by atoms with Gasteiger partial charge in [0, 0.05) is 6.42 Å². The molecule has 9 heteroatoms. The topological polar surface area (TPSA) is 108 Å². The van der Waals surface area contributed by atoms with Gasteiger partial charge in [0.25, 0.3) is 7.82 Å². The van der Waals surface area contributed by atoms with E-state index in [4.69, 9.17) is 9.05 Å². The van der Waals surface area contributed by atoms with Crippen LogP contribution in [0.3, 0.4) is 0 Å². The molecule has 2 N–H and O–H groups in total. The molecule has 0 heterocycles.